The molecular formula is C12H28Sn. The molecule has 0 N–H and O–H groups in total. The molecule has 80 valence electrons. The molecule has 0 saturated carbocycles. The van der Waals surface area contributed by atoms with E-state index in [0.717, 1.165) is 31.9 Å². The quantitative estimate of drug-likeness (QED) is 0.629. The van der Waals surface area contributed by atoms with Crippen LogP contribution in [-0.2, 0) is 0 Å². The van der Waals surface area contributed by atoms with Gasteiger partial charge in [0.15, 0.2) is 0 Å². The number of hydrogen-bond donors (Lipinski definition) is 0. The van der Waals surface area contributed by atoms with E-state index in [9.17, 15) is 0 Å². The Labute approximate surface area is 98.0 Å². The summed E-state index contributed by atoms with van der Waals surface area (Å²) in [5.74, 6) is 0.932. The molecule has 1 heteroatoms. The van der Waals surface area contributed by atoms with E-state index in [1.54, 1.807) is 0 Å². The fraction of sp³-hybridized carbons (Fsp3) is 1.00. The molecule has 0 aliphatic rings. The van der Waals surface area contributed by atoms with Crippen LogP contribution in [0.1, 0.15) is 66.2 Å². The van der Waals surface area contributed by atoms with Crippen molar-refractivity contribution >= 4 is 22.5 Å². The Morgan fingerprint density at radius 2 is 1.38 bits per heavy atom. The summed E-state index contributed by atoms with van der Waals surface area (Å²) < 4.78 is 0.813. The molecule has 0 nitrogen and oxygen atoms in total. The third kappa shape index (κ3) is 5.29. The summed E-state index contributed by atoms with van der Waals surface area (Å²) >= 11 is 0.821. The van der Waals surface area contributed by atoms with E-state index in [-0.39, 0.29) is 0 Å². The Balaban J connectivity index is 4.00. The van der Waals surface area contributed by atoms with Crippen molar-refractivity contribution in [1.82, 2.24) is 0 Å². The summed E-state index contributed by atoms with van der Waals surface area (Å²) in [5, 5.41) is 0. The predicted octanol–water partition coefficient (Wildman–Crippen LogP) is 3.55. The molecule has 0 spiro atoms. The Morgan fingerprint density at radius 3 is 1.62 bits per heavy atom. The topological polar surface area (TPSA) is 0 Å². The van der Waals surface area contributed by atoms with E-state index in [4.69, 9.17) is 0 Å². The van der Waals surface area contributed by atoms with Gasteiger partial charge in [-0.25, -0.2) is 0 Å². The first-order valence-corrected chi connectivity index (χ1v) is 8.92. The SMILES string of the molecule is CCCC[C]([SnH3])(CCCC)C(C)C. The second-order valence-corrected chi connectivity index (χ2v) is 10.7. The number of rotatable bonds is 7. The normalized spacial score (nSPS) is 12.7. The van der Waals surface area contributed by atoms with Crippen LogP contribution in [0.25, 0.3) is 0 Å². The van der Waals surface area contributed by atoms with Crippen LogP contribution in [0.4, 0.5) is 0 Å². The molecule has 0 aliphatic heterocycles. The van der Waals surface area contributed by atoms with E-state index in [1.165, 1.54) is 38.5 Å². The van der Waals surface area contributed by atoms with E-state index in [1.807, 2.05) is 0 Å². The molecule has 0 unspecified atom stereocenters. The number of unbranched alkanes of at least 4 members (excludes halogenated alkanes) is 2. The van der Waals surface area contributed by atoms with Crippen LogP contribution in [0.5, 0.6) is 0 Å². The zero-order valence-electron chi connectivity index (χ0n) is 10.3. The van der Waals surface area contributed by atoms with E-state index >= 15 is 0 Å². The average Bonchev–Trinajstić information content (AvgIpc) is 2.11. The van der Waals surface area contributed by atoms with E-state index in [0.29, 0.717) is 0 Å². The maximum atomic E-state index is 2.43. The maximum absolute atomic E-state index is 2.43. The monoisotopic (exact) mass is 292 g/mol. The van der Waals surface area contributed by atoms with Crippen LogP contribution in [0.2, 0.25) is 3.43 Å². The summed E-state index contributed by atoms with van der Waals surface area (Å²) in [6.07, 6.45) is 8.68. The van der Waals surface area contributed by atoms with Gasteiger partial charge >= 0.3 is 98.1 Å². The van der Waals surface area contributed by atoms with Crippen LogP contribution >= 0.6 is 0 Å². The molecule has 0 aliphatic carbocycles. The van der Waals surface area contributed by atoms with Gasteiger partial charge in [-0.2, -0.15) is 0 Å². The average molecular weight is 291 g/mol. The van der Waals surface area contributed by atoms with E-state index in [2.05, 4.69) is 27.7 Å². The molecular weight excluding hydrogens is 263 g/mol. The predicted molar refractivity (Wildman–Crippen MR) is 66.5 cm³/mol. The van der Waals surface area contributed by atoms with Gasteiger partial charge in [-0.3, -0.25) is 0 Å². The van der Waals surface area contributed by atoms with Gasteiger partial charge in [0.05, 0.1) is 0 Å². The van der Waals surface area contributed by atoms with Crippen molar-refractivity contribution in [2.24, 2.45) is 5.92 Å². The molecule has 0 aromatic carbocycles. The van der Waals surface area contributed by atoms with Gasteiger partial charge in [0, 0.05) is 0 Å². The Bertz CT molecular complexity index is 110. The summed E-state index contributed by atoms with van der Waals surface area (Å²) in [6, 6.07) is 0. The first-order valence-electron chi connectivity index (χ1n) is 6.06. The Morgan fingerprint density at radius 1 is 1.00 bits per heavy atom. The third-order valence-electron chi connectivity index (χ3n) is 3.60. The number of hydrogen-bond acceptors (Lipinski definition) is 0. The minimum absolute atomic E-state index is 0.813. The van der Waals surface area contributed by atoms with Crippen LogP contribution in [0, 0.1) is 5.92 Å². The molecule has 0 saturated heterocycles. The third-order valence-corrected chi connectivity index (χ3v) is 9.75. The molecule has 0 atom stereocenters. The fourth-order valence-corrected chi connectivity index (χ4v) is 3.88. The molecule has 0 aromatic rings. The summed E-state index contributed by atoms with van der Waals surface area (Å²) in [4.78, 5) is 0. The summed E-state index contributed by atoms with van der Waals surface area (Å²) in [5.41, 5.74) is 0. The van der Waals surface area contributed by atoms with Crippen molar-refractivity contribution in [1.29, 1.82) is 0 Å². The van der Waals surface area contributed by atoms with Crippen LogP contribution in [0.3, 0.4) is 0 Å². The van der Waals surface area contributed by atoms with Gasteiger partial charge in [-0.05, 0) is 0 Å². The van der Waals surface area contributed by atoms with Crippen LogP contribution in [0.15, 0.2) is 0 Å². The van der Waals surface area contributed by atoms with Gasteiger partial charge < -0.3 is 0 Å². The first-order chi connectivity index (χ1) is 6.06. The standard InChI is InChI=1S/C12H25.Sn.3H/c1-5-7-9-12(11(3)4)10-8-6-2;;;;/h11H,5-10H2,1-4H3;;;;. The van der Waals surface area contributed by atoms with Gasteiger partial charge in [0.2, 0.25) is 0 Å². The minimum atomic E-state index is 0.813. The molecule has 0 aromatic heterocycles. The van der Waals surface area contributed by atoms with Crippen LogP contribution in [-0.4, -0.2) is 22.5 Å². The van der Waals surface area contributed by atoms with Gasteiger partial charge in [-0.1, -0.05) is 0 Å². The zero-order valence-corrected chi connectivity index (χ0v) is 16.0. The molecule has 0 radical (unpaired) electrons. The second kappa shape index (κ2) is 7.14. The Hall–Kier alpha value is 0.799. The van der Waals surface area contributed by atoms with Gasteiger partial charge in [-0.15, -0.1) is 0 Å². The fourth-order valence-electron chi connectivity index (χ4n) is 1.86. The molecule has 0 heterocycles. The molecule has 0 rings (SSSR count). The molecule has 0 bridgehead atoms. The molecule has 0 amide bonds. The van der Waals surface area contributed by atoms with Crippen molar-refractivity contribution in [2.45, 2.75) is 69.7 Å². The van der Waals surface area contributed by atoms with Crippen molar-refractivity contribution in [3.05, 3.63) is 0 Å². The first kappa shape index (κ1) is 13.8. The zero-order chi connectivity index (χ0) is 10.3. The Kier molecular flexibility index (Phi) is 7.58. The molecule has 13 heavy (non-hydrogen) atoms. The summed E-state index contributed by atoms with van der Waals surface area (Å²) in [6.45, 7) is 9.50. The van der Waals surface area contributed by atoms with Crippen molar-refractivity contribution in [2.75, 3.05) is 0 Å². The van der Waals surface area contributed by atoms with Gasteiger partial charge in [0.1, 0.15) is 0 Å². The van der Waals surface area contributed by atoms with Crippen LogP contribution < -0.4 is 0 Å². The molecule has 0 fully saturated rings. The van der Waals surface area contributed by atoms with Crippen molar-refractivity contribution in [3.63, 3.8) is 0 Å². The second-order valence-electron chi connectivity index (χ2n) is 5.02. The van der Waals surface area contributed by atoms with E-state index < -0.39 is 0 Å². The van der Waals surface area contributed by atoms with Crippen molar-refractivity contribution < 1.29 is 0 Å². The van der Waals surface area contributed by atoms with Crippen molar-refractivity contribution in [3.8, 4) is 0 Å². The van der Waals surface area contributed by atoms with Gasteiger partial charge in [0.25, 0.3) is 0 Å². The summed E-state index contributed by atoms with van der Waals surface area (Å²) in [7, 11) is 0.